The Hall–Kier alpha value is -3.42. The fourth-order valence-electron chi connectivity index (χ4n) is 2.15. The minimum Gasteiger partial charge on any atom is -0.480 e. The fourth-order valence-corrected chi connectivity index (χ4v) is 2.15. The number of aliphatic carboxylic acids is 1. The molecular weight excluding hydrogens is 400 g/mol. The van der Waals surface area contributed by atoms with Crippen LogP contribution >= 0.6 is 0 Å². The first-order valence-electron chi connectivity index (χ1n) is 9.13. The number of rotatable bonds is 14. The molecule has 0 aliphatic rings. The largest absolute Gasteiger partial charge is 0.480 e. The highest BCUT2D eigenvalue weighted by molar-refractivity contribution is 5.92. The number of carboxylic acids is 1. The number of nitrogens with two attached hydrogens (primary N) is 4. The number of carboxylic acid groups (broad SMARTS) is 1. The van der Waals surface area contributed by atoms with Gasteiger partial charge in [-0.3, -0.25) is 24.2 Å². The molecule has 4 amide bonds. The van der Waals surface area contributed by atoms with E-state index in [1.165, 1.54) is 6.92 Å². The molecule has 170 valence electrons. The summed E-state index contributed by atoms with van der Waals surface area (Å²) < 4.78 is 0. The second-order valence-electron chi connectivity index (χ2n) is 6.47. The zero-order chi connectivity index (χ0) is 23.3. The van der Waals surface area contributed by atoms with Crippen LogP contribution in [-0.4, -0.2) is 71.9 Å². The monoisotopic (exact) mass is 430 g/mol. The summed E-state index contributed by atoms with van der Waals surface area (Å²) in [5.74, 6) is -4.13. The molecule has 0 fully saturated rings. The Balaban J connectivity index is 4.37. The minimum atomic E-state index is -1.34. The maximum atomic E-state index is 12.0. The number of hydrogen-bond donors (Lipinski definition) is 8. The van der Waals surface area contributed by atoms with E-state index in [1.807, 2.05) is 0 Å². The molecule has 0 heterocycles. The van der Waals surface area contributed by atoms with Gasteiger partial charge in [0.1, 0.15) is 12.1 Å². The van der Waals surface area contributed by atoms with Crippen LogP contribution < -0.4 is 38.9 Å². The third-order valence-electron chi connectivity index (χ3n) is 3.79. The summed E-state index contributed by atoms with van der Waals surface area (Å²) >= 11 is 0. The van der Waals surface area contributed by atoms with E-state index >= 15 is 0 Å². The molecule has 0 saturated carbocycles. The van der Waals surface area contributed by atoms with Crippen LogP contribution in [0.25, 0.3) is 0 Å². The van der Waals surface area contributed by atoms with Crippen LogP contribution in [0.4, 0.5) is 0 Å². The highest BCUT2D eigenvalue weighted by Gasteiger charge is 2.23. The summed E-state index contributed by atoms with van der Waals surface area (Å²) in [6, 6.07) is -3.19. The maximum Gasteiger partial charge on any atom is 0.326 e. The van der Waals surface area contributed by atoms with Gasteiger partial charge >= 0.3 is 5.97 Å². The van der Waals surface area contributed by atoms with Crippen molar-refractivity contribution in [1.29, 1.82) is 0 Å². The van der Waals surface area contributed by atoms with Gasteiger partial charge in [-0.15, -0.1) is 0 Å². The molecule has 0 aromatic carbocycles. The van der Waals surface area contributed by atoms with Gasteiger partial charge in [0.05, 0.1) is 12.6 Å². The van der Waals surface area contributed by atoms with Crippen LogP contribution in [0.15, 0.2) is 4.99 Å². The van der Waals surface area contributed by atoms with Gasteiger partial charge in [-0.2, -0.15) is 0 Å². The lowest BCUT2D eigenvalue weighted by molar-refractivity contribution is -0.142. The average molecular weight is 430 g/mol. The second-order valence-corrected chi connectivity index (χ2v) is 6.47. The van der Waals surface area contributed by atoms with Crippen molar-refractivity contribution < 1.29 is 29.1 Å². The van der Waals surface area contributed by atoms with Crippen molar-refractivity contribution in [2.45, 2.75) is 50.7 Å². The molecule has 0 aliphatic heterocycles. The Morgan fingerprint density at radius 3 is 2.17 bits per heavy atom. The van der Waals surface area contributed by atoms with Crippen molar-refractivity contribution in [3.63, 3.8) is 0 Å². The van der Waals surface area contributed by atoms with Crippen LogP contribution in [0.2, 0.25) is 0 Å². The molecule has 0 aromatic heterocycles. The molecule has 30 heavy (non-hydrogen) atoms. The second kappa shape index (κ2) is 13.7. The quantitative estimate of drug-likeness (QED) is 0.0753. The summed E-state index contributed by atoms with van der Waals surface area (Å²) in [6.45, 7) is 1.18. The summed E-state index contributed by atoms with van der Waals surface area (Å²) in [5.41, 5.74) is 21.0. The SMILES string of the molecule is CC(NC(=O)C(N)CCCN=C(N)N)C(=O)NCC(=O)NC(CCC(N)=O)C(=O)O. The van der Waals surface area contributed by atoms with E-state index in [9.17, 15) is 24.0 Å². The summed E-state index contributed by atoms with van der Waals surface area (Å²) in [5, 5.41) is 15.9. The number of carbonyl (C=O) groups excluding carboxylic acids is 4. The van der Waals surface area contributed by atoms with Gasteiger partial charge < -0.3 is 44.0 Å². The van der Waals surface area contributed by atoms with Crippen molar-refractivity contribution in [3.05, 3.63) is 0 Å². The van der Waals surface area contributed by atoms with Crippen LogP contribution in [-0.2, 0) is 24.0 Å². The van der Waals surface area contributed by atoms with Gasteiger partial charge in [0.15, 0.2) is 5.96 Å². The zero-order valence-electron chi connectivity index (χ0n) is 16.7. The van der Waals surface area contributed by atoms with Crippen molar-refractivity contribution >= 4 is 35.6 Å². The normalized spacial score (nSPS) is 13.3. The molecule has 3 atom stereocenters. The van der Waals surface area contributed by atoms with Gasteiger partial charge in [-0.1, -0.05) is 0 Å². The van der Waals surface area contributed by atoms with E-state index in [1.54, 1.807) is 0 Å². The Morgan fingerprint density at radius 2 is 1.63 bits per heavy atom. The van der Waals surface area contributed by atoms with Crippen molar-refractivity contribution in [2.24, 2.45) is 27.9 Å². The first-order chi connectivity index (χ1) is 13.9. The molecule has 0 aliphatic carbocycles. The summed E-state index contributed by atoms with van der Waals surface area (Å²) in [7, 11) is 0. The number of primary amides is 1. The summed E-state index contributed by atoms with van der Waals surface area (Å²) in [6.07, 6.45) is 0.353. The lowest BCUT2D eigenvalue weighted by atomic mass is 10.1. The third-order valence-corrected chi connectivity index (χ3v) is 3.79. The molecule has 3 unspecified atom stereocenters. The Kier molecular flexibility index (Phi) is 12.1. The van der Waals surface area contributed by atoms with Gasteiger partial charge in [0.25, 0.3) is 0 Å². The van der Waals surface area contributed by atoms with Crippen LogP contribution in [0.1, 0.15) is 32.6 Å². The lowest BCUT2D eigenvalue weighted by Crippen LogP contribution is -2.52. The van der Waals surface area contributed by atoms with Gasteiger partial charge in [-0.05, 0) is 26.2 Å². The van der Waals surface area contributed by atoms with E-state index in [-0.39, 0.29) is 18.8 Å². The van der Waals surface area contributed by atoms with Gasteiger partial charge in [0.2, 0.25) is 23.6 Å². The van der Waals surface area contributed by atoms with Crippen LogP contribution in [0, 0.1) is 0 Å². The predicted molar refractivity (Wildman–Crippen MR) is 106 cm³/mol. The lowest BCUT2D eigenvalue weighted by Gasteiger charge is -2.18. The number of amides is 4. The predicted octanol–water partition coefficient (Wildman–Crippen LogP) is -4.18. The molecule has 0 rings (SSSR count). The molecular formula is C16H30N8O6. The minimum absolute atomic E-state index is 0.0649. The molecule has 0 radical (unpaired) electrons. The Morgan fingerprint density at radius 1 is 1.00 bits per heavy atom. The van der Waals surface area contributed by atoms with Crippen molar-refractivity contribution in [2.75, 3.05) is 13.1 Å². The van der Waals surface area contributed by atoms with Gasteiger partial charge in [0, 0.05) is 13.0 Å². The molecule has 14 heteroatoms. The standard InChI is InChI=1S/C16H30N8O6/c1-8(23-14(28)9(17)3-2-6-21-16(19)20)13(27)22-7-12(26)24-10(15(29)30)4-5-11(18)25/h8-10H,2-7,17H2,1H3,(H2,18,25)(H,22,27)(H,23,28)(H,24,26)(H,29,30)(H4,19,20,21). The van der Waals surface area contributed by atoms with E-state index in [0.717, 1.165) is 0 Å². The number of guanidine groups is 1. The van der Waals surface area contributed by atoms with E-state index < -0.39 is 54.3 Å². The van der Waals surface area contributed by atoms with Crippen molar-refractivity contribution in [3.8, 4) is 0 Å². The number of nitrogens with zero attached hydrogens (tertiary/aromatic N) is 1. The smallest absolute Gasteiger partial charge is 0.326 e. The highest BCUT2D eigenvalue weighted by Crippen LogP contribution is 1.98. The van der Waals surface area contributed by atoms with Gasteiger partial charge in [-0.25, -0.2) is 4.79 Å². The highest BCUT2D eigenvalue weighted by atomic mass is 16.4. The topological polar surface area (TPSA) is 258 Å². The maximum absolute atomic E-state index is 12.0. The van der Waals surface area contributed by atoms with Crippen LogP contribution in [0.3, 0.4) is 0 Å². The molecule has 0 spiro atoms. The first-order valence-corrected chi connectivity index (χ1v) is 9.13. The number of hydrogen-bond acceptors (Lipinski definition) is 7. The third kappa shape index (κ3) is 12.1. The van der Waals surface area contributed by atoms with E-state index in [0.29, 0.717) is 19.4 Å². The molecule has 0 saturated heterocycles. The van der Waals surface area contributed by atoms with Crippen molar-refractivity contribution in [1.82, 2.24) is 16.0 Å². The molecule has 0 bridgehead atoms. The van der Waals surface area contributed by atoms with E-state index in [2.05, 4.69) is 20.9 Å². The first kappa shape index (κ1) is 26.6. The fraction of sp³-hybridized carbons (Fsp3) is 0.625. The molecule has 0 aromatic rings. The average Bonchev–Trinajstić information content (AvgIpc) is 2.65. The zero-order valence-corrected chi connectivity index (χ0v) is 16.7. The number of aliphatic imine (C=N–C) groups is 1. The number of carbonyl (C=O) groups is 5. The van der Waals surface area contributed by atoms with Crippen LogP contribution in [0.5, 0.6) is 0 Å². The molecule has 14 nitrogen and oxygen atoms in total. The summed E-state index contributed by atoms with van der Waals surface area (Å²) in [4.78, 5) is 61.4. The molecule has 12 N–H and O–H groups in total. The Labute approximate surface area is 173 Å². The number of nitrogens with one attached hydrogen (secondary N) is 3. The Bertz CT molecular complexity index is 664. The van der Waals surface area contributed by atoms with E-state index in [4.69, 9.17) is 28.0 Å².